The molecule has 0 atom stereocenters. The Morgan fingerprint density at radius 2 is 1.47 bits per heavy atom. The normalized spacial score (nSPS) is 10.6. The van der Waals surface area contributed by atoms with E-state index < -0.39 is 0 Å². The summed E-state index contributed by atoms with van der Waals surface area (Å²) in [6.45, 7) is 8.53. The van der Waals surface area contributed by atoms with Crippen LogP contribution in [0.25, 0.3) is 0 Å². The van der Waals surface area contributed by atoms with Gasteiger partial charge in [0.05, 0.1) is 11.4 Å². The summed E-state index contributed by atoms with van der Waals surface area (Å²) in [7, 11) is 2.07. The van der Waals surface area contributed by atoms with Crippen LogP contribution in [0.5, 0.6) is 0 Å². The van der Waals surface area contributed by atoms with E-state index in [0.717, 1.165) is 11.4 Å². The second-order valence-electron chi connectivity index (χ2n) is 5.27. The summed E-state index contributed by atoms with van der Waals surface area (Å²) < 4.78 is 0. The second-order valence-corrected chi connectivity index (χ2v) is 5.27. The van der Waals surface area contributed by atoms with Crippen molar-refractivity contribution in [1.82, 2.24) is 0 Å². The SMILES string of the molecule is Cc1ccc(N(C)c2ccc(C)c(C)c2C)c(N)c1. The summed E-state index contributed by atoms with van der Waals surface area (Å²) in [6, 6.07) is 10.5. The zero-order valence-electron chi connectivity index (χ0n) is 12.4. The van der Waals surface area contributed by atoms with Crippen LogP contribution in [-0.4, -0.2) is 7.05 Å². The second kappa shape index (κ2) is 4.96. The third-order valence-corrected chi connectivity index (χ3v) is 3.94. The quantitative estimate of drug-likeness (QED) is 0.811. The number of nitrogen functional groups attached to an aromatic ring is 1. The van der Waals surface area contributed by atoms with Crippen LogP contribution in [0.1, 0.15) is 22.3 Å². The van der Waals surface area contributed by atoms with Crippen LogP contribution in [0.15, 0.2) is 30.3 Å². The fraction of sp³-hybridized carbons (Fsp3) is 0.294. The lowest BCUT2D eigenvalue weighted by atomic mass is 10.0. The lowest BCUT2D eigenvalue weighted by Gasteiger charge is -2.25. The van der Waals surface area contributed by atoms with Gasteiger partial charge in [-0.05, 0) is 68.1 Å². The highest BCUT2D eigenvalue weighted by molar-refractivity contribution is 5.76. The molecule has 0 amide bonds. The van der Waals surface area contributed by atoms with Gasteiger partial charge in [0.15, 0.2) is 0 Å². The van der Waals surface area contributed by atoms with Gasteiger partial charge in [-0.3, -0.25) is 0 Å². The number of hydrogen-bond acceptors (Lipinski definition) is 2. The number of hydrogen-bond donors (Lipinski definition) is 1. The predicted octanol–water partition coefficient (Wildman–Crippen LogP) is 4.27. The Morgan fingerprint density at radius 1 is 0.842 bits per heavy atom. The molecule has 19 heavy (non-hydrogen) atoms. The van der Waals surface area contributed by atoms with Gasteiger partial charge >= 0.3 is 0 Å². The van der Waals surface area contributed by atoms with Gasteiger partial charge in [-0.25, -0.2) is 0 Å². The fourth-order valence-corrected chi connectivity index (χ4v) is 2.41. The number of nitrogens with zero attached hydrogens (tertiary/aromatic N) is 1. The van der Waals surface area contributed by atoms with Crippen molar-refractivity contribution in [3.63, 3.8) is 0 Å². The number of nitrogens with two attached hydrogens (primary N) is 1. The van der Waals surface area contributed by atoms with Crippen molar-refractivity contribution in [2.75, 3.05) is 17.7 Å². The van der Waals surface area contributed by atoms with E-state index >= 15 is 0 Å². The Labute approximate surface area is 115 Å². The first-order chi connectivity index (χ1) is 8.91. The molecular formula is C17H22N2. The fourth-order valence-electron chi connectivity index (χ4n) is 2.41. The van der Waals surface area contributed by atoms with Crippen molar-refractivity contribution in [1.29, 1.82) is 0 Å². The van der Waals surface area contributed by atoms with Gasteiger partial charge in [0.25, 0.3) is 0 Å². The molecule has 0 unspecified atom stereocenters. The van der Waals surface area contributed by atoms with E-state index in [1.807, 2.05) is 6.07 Å². The molecule has 0 radical (unpaired) electrons. The first-order valence-corrected chi connectivity index (χ1v) is 6.58. The zero-order chi connectivity index (χ0) is 14.2. The van der Waals surface area contributed by atoms with Crippen LogP contribution in [0.3, 0.4) is 0 Å². The topological polar surface area (TPSA) is 29.3 Å². The minimum atomic E-state index is 0.820. The van der Waals surface area contributed by atoms with Gasteiger partial charge in [0.1, 0.15) is 0 Å². The van der Waals surface area contributed by atoms with E-state index in [-0.39, 0.29) is 0 Å². The average molecular weight is 254 g/mol. The van der Waals surface area contributed by atoms with Crippen LogP contribution in [0, 0.1) is 27.7 Å². The van der Waals surface area contributed by atoms with Crippen LogP contribution >= 0.6 is 0 Å². The average Bonchev–Trinajstić information content (AvgIpc) is 2.35. The Hall–Kier alpha value is -1.96. The van der Waals surface area contributed by atoms with Gasteiger partial charge < -0.3 is 10.6 Å². The smallest absolute Gasteiger partial charge is 0.0642 e. The Morgan fingerprint density at radius 3 is 2.11 bits per heavy atom. The summed E-state index contributed by atoms with van der Waals surface area (Å²) >= 11 is 0. The first-order valence-electron chi connectivity index (χ1n) is 6.58. The van der Waals surface area contributed by atoms with Crippen molar-refractivity contribution in [2.24, 2.45) is 0 Å². The molecule has 2 heteroatoms. The van der Waals surface area contributed by atoms with Gasteiger partial charge in [-0.2, -0.15) is 0 Å². The molecule has 0 aliphatic heterocycles. The molecular weight excluding hydrogens is 232 g/mol. The first kappa shape index (κ1) is 13.5. The summed E-state index contributed by atoms with van der Waals surface area (Å²) in [4.78, 5) is 2.16. The van der Waals surface area contributed by atoms with E-state index in [0.29, 0.717) is 0 Å². The van der Waals surface area contributed by atoms with Crippen LogP contribution < -0.4 is 10.6 Å². The van der Waals surface area contributed by atoms with Crippen LogP contribution in [0.2, 0.25) is 0 Å². The zero-order valence-corrected chi connectivity index (χ0v) is 12.4. The van der Waals surface area contributed by atoms with Crippen molar-refractivity contribution in [3.8, 4) is 0 Å². The van der Waals surface area contributed by atoms with Crippen molar-refractivity contribution < 1.29 is 0 Å². The van der Waals surface area contributed by atoms with E-state index in [4.69, 9.17) is 5.73 Å². The maximum Gasteiger partial charge on any atom is 0.0642 e. The minimum absolute atomic E-state index is 0.820. The standard InChI is InChI=1S/C17H22N2/c1-11-6-8-17(15(18)10-11)19(5)16-9-7-12(2)13(3)14(16)4/h6-10H,18H2,1-5H3. The maximum atomic E-state index is 6.14. The lowest BCUT2D eigenvalue weighted by molar-refractivity contribution is 1.15. The van der Waals surface area contributed by atoms with E-state index in [2.05, 4.69) is 63.9 Å². The molecule has 2 aromatic rings. The van der Waals surface area contributed by atoms with Gasteiger partial charge in [0.2, 0.25) is 0 Å². The molecule has 0 aromatic heterocycles. The van der Waals surface area contributed by atoms with Gasteiger partial charge in [-0.1, -0.05) is 12.1 Å². The highest BCUT2D eigenvalue weighted by Crippen LogP contribution is 2.33. The highest BCUT2D eigenvalue weighted by Gasteiger charge is 2.12. The molecule has 0 saturated heterocycles. The van der Waals surface area contributed by atoms with Crippen LogP contribution in [0.4, 0.5) is 17.1 Å². The van der Waals surface area contributed by atoms with Crippen molar-refractivity contribution >= 4 is 17.1 Å². The molecule has 0 saturated carbocycles. The molecule has 100 valence electrons. The number of benzene rings is 2. The molecule has 2 nitrogen and oxygen atoms in total. The molecule has 2 rings (SSSR count). The summed E-state index contributed by atoms with van der Waals surface area (Å²) in [6.07, 6.45) is 0. The maximum absolute atomic E-state index is 6.14. The number of aryl methyl sites for hydroxylation is 2. The van der Waals surface area contributed by atoms with E-state index in [1.165, 1.54) is 27.9 Å². The minimum Gasteiger partial charge on any atom is -0.397 e. The number of rotatable bonds is 2. The largest absolute Gasteiger partial charge is 0.397 e. The Kier molecular flexibility index (Phi) is 3.52. The Bertz CT molecular complexity index is 615. The molecule has 2 N–H and O–H groups in total. The van der Waals surface area contributed by atoms with Crippen molar-refractivity contribution in [3.05, 3.63) is 52.6 Å². The van der Waals surface area contributed by atoms with Crippen LogP contribution in [-0.2, 0) is 0 Å². The summed E-state index contributed by atoms with van der Waals surface area (Å²) in [5.74, 6) is 0. The third kappa shape index (κ3) is 2.43. The van der Waals surface area contributed by atoms with Gasteiger partial charge in [-0.15, -0.1) is 0 Å². The molecule has 2 aromatic carbocycles. The highest BCUT2D eigenvalue weighted by atomic mass is 15.1. The number of anilines is 3. The van der Waals surface area contributed by atoms with E-state index in [9.17, 15) is 0 Å². The third-order valence-electron chi connectivity index (χ3n) is 3.94. The summed E-state index contributed by atoms with van der Waals surface area (Å²) in [5.41, 5.74) is 14.4. The lowest BCUT2D eigenvalue weighted by Crippen LogP contribution is -2.13. The van der Waals surface area contributed by atoms with Gasteiger partial charge in [0, 0.05) is 12.7 Å². The molecule has 0 fully saturated rings. The molecule has 0 aliphatic carbocycles. The predicted molar refractivity (Wildman–Crippen MR) is 84.3 cm³/mol. The molecule has 0 spiro atoms. The summed E-state index contributed by atoms with van der Waals surface area (Å²) in [5, 5.41) is 0. The van der Waals surface area contributed by atoms with Crippen molar-refractivity contribution in [2.45, 2.75) is 27.7 Å². The molecule has 0 bridgehead atoms. The monoisotopic (exact) mass is 254 g/mol. The van der Waals surface area contributed by atoms with E-state index in [1.54, 1.807) is 0 Å². The Balaban J connectivity index is 2.50. The molecule has 0 heterocycles. The molecule has 0 aliphatic rings.